The number of nitrogens with zero attached hydrogens (tertiary/aromatic N) is 1. The highest BCUT2D eigenvalue weighted by atomic mass is 32.1. The molecule has 1 fully saturated rings. The standard InChI is InChI=1S/C21H21NO3S/c23-20(18-13-15-7-4-5-11-19(15)25-21(18)24)22(14-17-10-6-12-26-17)16-8-2-1-3-9-16/h4-7,10-13,16H,1-3,8-9,14H2. The monoisotopic (exact) mass is 367 g/mol. The largest absolute Gasteiger partial charge is 0.422 e. The molecule has 2 aromatic heterocycles. The van der Waals surface area contributed by atoms with Crippen LogP contribution in [0.3, 0.4) is 0 Å². The van der Waals surface area contributed by atoms with Crippen LogP contribution in [0.2, 0.25) is 0 Å². The van der Waals surface area contributed by atoms with Crippen LogP contribution in [-0.2, 0) is 6.54 Å². The first-order chi connectivity index (χ1) is 12.7. The Morgan fingerprint density at radius 1 is 1.12 bits per heavy atom. The van der Waals surface area contributed by atoms with Crippen LogP contribution < -0.4 is 5.63 Å². The number of hydrogen-bond donors (Lipinski definition) is 0. The van der Waals surface area contributed by atoms with Crippen LogP contribution in [0.1, 0.15) is 47.3 Å². The van der Waals surface area contributed by atoms with Crippen molar-refractivity contribution in [2.24, 2.45) is 0 Å². The Kier molecular flexibility index (Phi) is 4.89. The minimum Gasteiger partial charge on any atom is -0.422 e. The molecule has 0 N–H and O–H groups in total. The molecule has 0 aliphatic heterocycles. The predicted octanol–water partition coefficient (Wildman–Crippen LogP) is 4.83. The second-order valence-electron chi connectivity index (χ2n) is 6.79. The molecular formula is C21H21NO3S. The van der Waals surface area contributed by atoms with E-state index in [-0.39, 0.29) is 17.5 Å². The lowest BCUT2D eigenvalue weighted by molar-refractivity contribution is 0.0612. The Labute approximate surface area is 156 Å². The Balaban J connectivity index is 1.71. The molecule has 2 heterocycles. The van der Waals surface area contributed by atoms with Crippen molar-refractivity contribution < 1.29 is 9.21 Å². The third-order valence-electron chi connectivity index (χ3n) is 5.05. The van der Waals surface area contributed by atoms with E-state index in [1.165, 1.54) is 6.42 Å². The number of fused-ring (bicyclic) bond motifs is 1. The van der Waals surface area contributed by atoms with Crippen molar-refractivity contribution in [3.63, 3.8) is 0 Å². The van der Waals surface area contributed by atoms with Gasteiger partial charge < -0.3 is 9.32 Å². The molecule has 0 unspecified atom stereocenters. The molecule has 4 rings (SSSR count). The number of carbonyl (C=O) groups excluding carboxylic acids is 1. The molecule has 0 atom stereocenters. The topological polar surface area (TPSA) is 50.5 Å². The first-order valence-electron chi connectivity index (χ1n) is 9.08. The lowest BCUT2D eigenvalue weighted by Crippen LogP contribution is -2.42. The average Bonchev–Trinajstić information content (AvgIpc) is 3.19. The Bertz CT molecular complexity index is 955. The molecular weight excluding hydrogens is 346 g/mol. The highest BCUT2D eigenvalue weighted by molar-refractivity contribution is 7.09. The van der Waals surface area contributed by atoms with E-state index >= 15 is 0 Å². The Hall–Kier alpha value is -2.40. The normalized spacial score (nSPS) is 15.2. The van der Waals surface area contributed by atoms with Crippen LogP contribution in [0.4, 0.5) is 0 Å². The third kappa shape index (κ3) is 3.44. The zero-order valence-corrected chi connectivity index (χ0v) is 15.3. The Morgan fingerprint density at radius 2 is 1.92 bits per heavy atom. The second-order valence-corrected chi connectivity index (χ2v) is 7.82. The third-order valence-corrected chi connectivity index (χ3v) is 5.92. The van der Waals surface area contributed by atoms with Crippen LogP contribution >= 0.6 is 11.3 Å². The van der Waals surface area contributed by atoms with Crippen LogP contribution in [0.15, 0.2) is 57.1 Å². The minimum atomic E-state index is -0.555. The van der Waals surface area contributed by atoms with Gasteiger partial charge in [-0.2, -0.15) is 0 Å². The fourth-order valence-corrected chi connectivity index (χ4v) is 4.40. The molecule has 1 amide bonds. The highest BCUT2D eigenvalue weighted by Gasteiger charge is 2.28. The highest BCUT2D eigenvalue weighted by Crippen LogP contribution is 2.26. The van der Waals surface area contributed by atoms with Gasteiger partial charge >= 0.3 is 5.63 Å². The SMILES string of the molecule is O=C(c1cc2ccccc2oc1=O)N(Cc1cccs1)C1CCCCC1. The van der Waals surface area contributed by atoms with Gasteiger partial charge in [-0.15, -0.1) is 11.3 Å². The number of hydrogen-bond acceptors (Lipinski definition) is 4. The quantitative estimate of drug-likeness (QED) is 0.621. The number of amides is 1. The van der Waals surface area contributed by atoms with E-state index < -0.39 is 5.63 Å². The predicted molar refractivity (Wildman–Crippen MR) is 104 cm³/mol. The number of para-hydroxylation sites is 1. The molecule has 0 spiro atoms. The summed E-state index contributed by atoms with van der Waals surface area (Å²) in [5.74, 6) is -0.218. The van der Waals surface area contributed by atoms with Gasteiger partial charge in [-0.3, -0.25) is 4.79 Å². The summed E-state index contributed by atoms with van der Waals surface area (Å²) in [6.07, 6.45) is 5.47. The molecule has 26 heavy (non-hydrogen) atoms. The molecule has 1 aromatic carbocycles. The van der Waals surface area contributed by atoms with Gasteiger partial charge in [0, 0.05) is 16.3 Å². The lowest BCUT2D eigenvalue weighted by atomic mass is 9.93. The van der Waals surface area contributed by atoms with Crippen molar-refractivity contribution in [3.05, 3.63) is 68.7 Å². The fraction of sp³-hybridized carbons (Fsp3) is 0.333. The Morgan fingerprint density at radius 3 is 2.69 bits per heavy atom. The smallest absolute Gasteiger partial charge is 0.349 e. The minimum absolute atomic E-state index is 0.130. The first kappa shape index (κ1) is 17.0. The van der Waals surface area contributed by atoms with E-state index in [2.05, 4.69) is 0 Å². The maximum absolute atomic E-state index is 13.3. The maximum atomic E-state index is 13.3. The van der Waals surface area contributed by atoms with Crippen LogP contribution in [-0.4, -0.2) is 16.8 Å². The summed E-state index contributed by atoms with van der Waals surface area (Å²) in [5.41, 5.74) is 0.0861. The molecule has 1 aliphatic carbocycles. The number of thiophene rings is 1. The van der Waals surface area contributed by atoms with Crippen LogP contribution in [0.25, 0.3) is 11.0 Å². The first-order valence-corrected chi connectivity index (χ1v) is 9.96. The van der Waals surface area contributed by atoms with Gasteiger partial charge in [0.1, 0.15) is 11.1 Å². The summed E-state index contributed by atoms with van der Waals surface area (Å²) >= 11 is 1.64. The van der Waals surface area contributed by atoms with E-state index in [0.29, 0.717) is 12.1 Å². The van der Waals surface area contributed by atoms with E-state index in [4.69, 9.17) is 4.42 Å². The van der Waals surface area contributed by atoms with Crippen molar-refractivity contribution in [1.82, 2.24) is 4.90 Å². The summed E-state index contributed by atoms with van der Waals surface area (Å²) in [5, 5.41) is 2.79. The fourth-order valence-electron chi connectivity index (χ4n) is 3.70. The molecule has 4 nitrogen and oxygen atoms in total. The van der Waals surface area contributed by atoms with Crippen molar-refractivity contribution >= 4 is 28.2 Å². The van der Waals surface area contributed by atoms with E-state index in [1.54, 1.807) is 23.5 Å². The molecule has 0 bridgehead atoms. The summed E-state index contributed by atoms with van der Waals surface area (Å²) in [4.78, 5) is 28.8. The van der Waals surface area contributed by atoms with Crippen LogP contribution in [0, 0.1) is 0 Å². The van der Waals surface area contributed by atoms with Gasteiger partial charge in [-0.05, 0) is 36.4 Å². The average molecular weight is 367 g/mol. The summed E-state index contributed by atoms with van der Waals surface area (Å²) in [6.45, 7) is 0.549. The van der Waals surface area contributed by atoms with Crippen molar-refractivity contribution in [3.8, 4) is 0 Å². The maximum Gasteiger partial charge on any atom is 0.349 e. The number of rotatable bonds is 4. The molecule has 0 radical (unpaired) electrons. The van der Waals surface area contributed by atoms with Gasteiger partial charge in [-0.25, -0.2) is 4.79 Å². The van der Waals surface area contributed by atoms with Gasteiger partial charge in [0.05, 0.1) is 6.54 Å². The van der Waals surface area contributed by atoms with Gasteiger partial charge in [0.2, 0.25) is 0 Å². The molecule has 3 aromatic rings. The number of benzene rings is 1. The summed E-state index contributed by atoms with van der Waals surface area (Å²) < 4.78 is 5.39. The van der Waals surface area contributed by atoms with E-state index in [1.807, 2.05) is 40.6 Å². The van der Waals surface area contributed by atoms with Crippen molar-refractivity contribution in [2.75, 3.05) is 0 Å². The van der Waals surface area contributed by atoms with Gasteiger partial charge in [-0.1, -0.05) is 43.5 Å². The van der Waals surface area contributed by atoms with E-state index in [0.717, 1.165) is 35.9 Å². The van der Waals surface area contributed by atoms with E-state index in [9.17, 15) is 9.59 Å². The summed E-state index contributed by atoms with van der Waals surface area (Å²) in [6, 6.07) is 13.2. The van der Waals surface area contributed by atoms with Crippen LogP contribution in [0.5, 0.6) is 0 Å². The molecule has 1 aliphatic rings. The van der Waals surface area contributed by atoms with Gasteiger partial charge in [0.15, 0.2) is 0 Å². The molecule has 134 valence electrons. The molecule has 5 heteroatoms. The van der Waals surface area contributed by atoms with Crippen molar-refractivity contribution in [1.29, 1.82) is 0 Å². The molecule has 1 saturated carbocycles. The lowest BCUT2D eigenvalue weighted by Gasteiger charge is -2.34. The zero-order chi connectivity index (χ0) is 17.9. The summed E-state index contributed by atoms with van der Waals surface area (Å²) in [7, 11) is 0. The van der Waals surface area contributed by atoms with Crippen molar-refractivity contribution in [2.45, 2.75) is 44.7 Å². The second kappa shape index (κ2) is 7.46. The number of carbonyl (C=O) groups is 1. The molecule has 0 saturated heterocycles. The van der Waals surface area contributed by atoms with Gasteiger partial charge in [0.25, 0.3) is 5.91 Å². The zero-order valence-electron chi connectivity index (χ0n) is 14.5.